The van der Waals surface area contributed by atoms with E-state index in [0.717, 1.165) is 30.5 Å². The Kier molecular flexibility index (Phi) is 7.94. The van der Waals surface area contributed by atoms with E-state index in [1.807, 2.05) is 6.20 Å². The Morgan fingerprint density at radius 2 is 2.16 bits per heavy atom. The molecule has 7 heteroatoms. The zero-order chi connectivity index (χ0) is 17.0. The summed E-state index contributed by atoms with van der Waals surface area (Å²) in [6.45, 7) is 8.63. The Balaban J connectivity index is 0.00000225. The molecule has 2 saturated carbocycles. The minimum absolute atomic E-state index is 0. The third-order valence-corrected chi connectivity index (χ3v) is 6.28. The van der Waals surface area contributed by atoms with Crippen LogP contribution in [-0.2, 0) is 11.3 Å². The van der Waals surface area contributed by atoms with Crippen LogP contribution in [0.2, 0.25) is 0 Å². The summed E-state index contributed by atoms with van der Waals surface area (Å²) in [4.78, 5) is 10.4. The Labute approximate surface area is 172 Å². The van der Waals surface area contributed by atoms with Gasteiger partial charge in [0.2, 0.25) is 0 Å². The number of nitrogens with one attached hydrogen (secondary N) is 2. The van der Waals surface area contributed by atoms with E-state index in [0.29, 0.717) is 24.1 Å². The third-order valence-electron chi connectivity index (χ3n) is 5.38. The minimum atomic E-state index is 0. The lowest BCUT2D eigenvalue weighted by atomic mass is 9.60. The van der Waals surface area contributed by atoms with Crippen molar-refractivity contribution in [2.75, 3.05) is 13.2 Å². The fourth-order valence-electron chi connectivity index (χ4n) is 4.20. The summed E-state index contributed by atoms with van der Waals surface area (Å²) in [7, 11) is 0. The van der Waals surface area contributed by atoms with Gasteiger partial charge in [-0.15, -0.1) is 35.3 Å². The predicted octanol–water partition coefficient (Wildman–Crippen LogP) is 3.86. The maximum Gasteiger partial charge on any atom is 0.191 e. The van der Waals surface area contributed by atoms with Gasteiger partial charge in [0.1, 0.15) is 5.01 Å². The van der Waals surface area contributed by atoms with E-state index in [1.54, 1.807) is 11.3 Å². The molecule has 1 heterocycles. The van der Waals surface area contributed by atoms with Gasteiger partial charge in [0.15, 0.2) is 5.96 Å². The molecule has 0 amide bonds. The summed E-state index contributed by atoms with van der Waals surface area (Å²) in [5.74, 6) is 0.913. The van der Waals surface area contributed by atoms with Gasteiger partial charge in [0, 0.05) is 35.7 Å². The number of halogens is 1. The average molecular weight is 478 g/mol. The smallest absolute Gasteiger partial charge is 0.191 e. The van der Waals surface area contributed by atoms with E-state index in [4.69, 9.17) is 9.73 Å². The van der Waals surface area contributed by atoms with Crippen molar-refractivity contribution >= 4 is 41.3 Å². The summed E-state index contributed by atoms with van der Waals surface area (Å²) in [5, 5.41) is 8.15. The van der Waals surface area contributed by atoms with E-state index in [9.17, 15) is 0 Å². The lowest BCUT2D eigenvalue weighted by molar-refractivity contribution is -0.125. The summed E-state index contributed by atoms with van der Waals surface area (Å²) in [6, 6.07) is 0.479. The highest BCUT2D eigenvalue weighted by molar-refractivity contribution is 14.0. The quantitative estimate of drug-likeness (QED) is 0.371. The fourth-order valence-corrected chi connectivity index (χ4v) is 4.91. The molecule has 3 rings (SSSR count). The van der Waals surface area contributed by atoms with Crippen molar-refractivity contribution in [1.82, 2.24) is 15.6 Å². The van der Waals surface area contributed by atoms with Gasteiger partial charge in [0.25, 0.3) is 0 Å². The summed E-state index contributed by atoms with van der Waals surface area (Å²) in [5.41, 5.74) is 0.323. The molecule has 2 aliphatic carbocycles. The second-order valence-electron chi connectivity index (χ2n) is 6.88. The average Bonchev–Trinajstić information content (AvgIpc) is 3.22. The first kappa shape index (κ1) is 20.9. The van der Waals surface area contributed by atoms with Crippen molar-refractivity contribution in [2.45, 2.75) is 71.6 Å². The highest BCUT2D eigenvalue weighted by Gasteiger charge is 2.56. The summed E-state index contributed by atoms with van der Waals surface area (Å²) >= 11 is 1.72. The molecule has 2 fully saturated rings. The van der Waals surface area contributed by atoms with E-state index in [2.05, 4.69) is 36.4 Å². The number of guanidine groups is 1. The summed E-state index contributed by atoms with van der Waals surface area (Å²) in [6.07, 6.45) is 8.64. The number of nitrogens with zero attached hydrogens (tertiary/aromatic N) is 2. The van der Waals surface area contributed by atoms with Crippen LogP contribution < -0.4 is 10.6 Å². The topological polar surface area (TPSA) is 58.5 Å². The molecule has 1 aromatic rings. The molecule has 0 bridgehead atoms. The number of hydrogen-bond acceptors (Lipinski definition) is 4. The molecule has 2 aliphatic rings. The number of thiazole rings is 1. The number of aromatic nitrogens is 1. The van der Waals surface area contributed by atoms with Crippen LogP contribution in [0.1, 0.15) is 55.8 Å². The maximum atomic E-state index is 6.01. The second-order valence-corrected chi connectivity index (χ2v) is 8.20. The Bertz CT molecular complexity index is 571. The molecule has 1 aromatic heterocycles. The van der Waals surface area contributed by atoms with Crippen molar-refractivity contribution in [3.8, 4) is 0 Å². The van der Waals surface area contributed by atoms with Crippen molar-refractivity contribution in [3.63, 3.8) is 0 Å². The lowest BCUT2D eigenvalue weighted by Gasteiger charge is -2.54. The van der Waals surface area contributed by atoms with E-state index in [-0.39, 0.29) is 24.0 Å². The monoisotopic (exact) mass is 478 g/mol. The fraction of sp³-hybridized carbons (Fsp3) is 0.778. The van der Waals surface area contributed by atoms with Crippen molar-refractivity contribution in [1.29, 1.82) is 0 Å². The molecule has 2 atom stereocenters. The molecule has 0 saturated heterocycles. The van der Waals surface area contributed by atoms with Crippen molar-refractivity contribution in [3.05, 3.63) is 16.1 Å². The molecule has 2 N–H and O–H groups in total. The Hall–Kier alpha value is -0.410. The molecule has 5 nitrogen and oxygen atoms in total. The standard InChI is InChI=1S/C18H30N4OS.HI/c1-4-19-17(21-12-16-20-11-13(3)24-16)22-14-10-15(23-5-2)18(14)8-6-7-9-18;/h11,14-15H,4-10,12H2,1-3H3,(H2,19,21,22);1H. The molecule has 142 valence electrons. The van der Waals surface area contributed by atoms with Gasteiger partial charge >= 0.3 is 0 Å². The zero-order valence-electron chi connectivity index (χ0n) is 15.5. The van der Waals surface area contributed by atoms with Crippen LogP contribution in [-0.4, -0.2) is 36.2 Å². The molecule has 1 spiro atoms. The number of aryl methyl sites for hydroxylation is 1. The molecule has 2 unspecified atom stereocenters. The van der Waals surface area contributed by atoms with Gasteiger partial charge in [-0.3, -0.25) is 0 Å². The van der Waals surface area contributed by atoms with Crippen LogP contribution in [0.15, 0.2) is 11.2 Å². The highest BCUT2D eigenvalue weighted by atomic mass is 127. The van der Waals surface area contributed by atoms with Crippen molar-refractivity contribution in [2.24, 2.45) is 10.4 Å². The first-order valence-electron chi connectivity index (χ1n) is 9.25. The molecular formula is C18H31IN4OS. The Morgan fingerprint density at radius 3 is 2.76 bits per heavy atom. The van der Waals surface area contributed by atoms with Gasteiger partial charge in [0.05, 0.1) is 12.6 Å². The number of ether oxygens (including phenoxy) is 1. The summed E-state index contributed by atoms with van der Waals surface area (Å²) < 4.78 is 6.01. The van der Waals surface area contributed by atoms with Gasteiger partial charge in [-0.25, -0.2) is 9.98 Å². The SMILES string of the molecule is CCNC(=NCc1ncc(C)s1)NC1CC(OCC)C12CCCC2.I. The second kappa shape index (κ2) is 9.50. The predicted molar refractivity (Wildman–Crippen MR) is 115 cm³/mol. The normalized spacial score (nSPS) is 24.7. The van der Waals surface area contributed by atoms with Gasteiger partial charge in [-0.2, -0.15) is 0 Å². The number of rotatable bonds is 6. The van der Waals surface area contributed by atoms with E-state index < -0.39 is 0 Å². The van der Waals surface area contributed by atoms with Crippen molar-refractivity contribution < 1.29 is 4.74 Å². The molecule has 0 aromatic carbocycles. The molecule has 0 radical (unpaired) electrons. The van der Waals surface area contributed by atoms with Gasteiger partial charge < -0.3 is 15.4 Å². The number of hydrogen-bond donors (Lipinski definition) is 2. The first-order valence-corrected chi connectivity index (χ1v) is 10.1. The zero-order valence-corrected chi connectivity index (χ0v) is 18.7. The number of aliphatic imine (C=N–C) groups is 1. The van der Waals surface area contributed by atoms with Crippen LogP contribution in [0.25, 0.3) is 0 Å². The molecule has 0 aliphatic heterocycles. The van der Waals surface area contributed by atoms with Crippen LogP contribution in [0.3, 0.4) is 0 Å². The van der Waals surface area contributed by atoms with Crippen LogP contribution >= 0.6 is 35.3 Å². The molecule has 25 heavy (non-hydrogen) atoms. The maximum absolute atomic E-state index is 6.01. The molecular weight excluding hydrogens is 447 g/mol. The highest BCUT2D eigenvalue weighted by Crippen LogP contribution is 2.54. The largest absolute Gasteiger partial charge is 0.378 e. The van der Waals surface area contributed by atoms with E-state index >= 15 is 0 Å². The van der Waals surface area contributed by atoms with Gasteiger partial charge in [-0.05, 0) is 40.0 Å². The van der Waals surface area contributed by atoms with Gasteiger partial charge in [-0.1, -0.05) is 12.8 Å². The van der Waals surface area contributed by atoms with E-state index in [1.165, 1.54) is 30.6 Å². The minimum Gasteiger partial charge on any atom is -0.378 e. The van der Waals surface area contributed by atoms with Crippen LogP contribution in [0, 0.1) is 12.3 Å². The lowest BCUT2D eigenvalue weighted by Crippen LogP contribution is -2.65. The first-order chi connectivity index (χ1) is 11.7. The van der Waals surface area contributed by atoms with Crippen LogP contribution in [0.4, 0.5) is 0 Å². The Morgan fingerprint density at radius 1 is 1.40 bits per heavy atom. The third kappa shape index (κ3) is 4.66. The van der Waals surface area contributed by atoms with Crippen LogP contribution in [0.5, 0.6) is 0 Å².